The molecule has 0 aromatic carbocycles. The number of ether oxygens (including phenoxy) is 1. The average molecular weight is 230 g/mol. The SMILES string of the molecule is CO[SiH](CC(C)C1CCCC2OC21)OC. The lowest BCUT2D eigenvalue weighted by Gasteiger charge is -2.26. The summed E-state index contributed by atoms with van der Waals surface area (Å²) in [4.78, 5) is 0. The van der Waals surface area contributed by atoms with Gasteiger partial charge in [0.1, 0.15) is 0 Å². The topological polar surface area (TPSA) is 31.0 Å². The molecular weight excluding hydrogens is 208 g/mol. The Kier molecular flexibility index (Phi) is 3.82. The number of epoxide rings is 1. The van der Waals surface area contributed by atoms with Gasteiger partial charge >= 0.3 is 9.28 Å². The van der Waals surface area contributed by atoms with Crippen LogP contribution in [0.4, 0.5) is 0 Å². The lowest BCUT2D eigenvalue weighted by Crippen LogP contribution is -2.29. The minimum absolute atomic E-state index is 0.567. The molecule has 0 amide bonds. The molecule has 2 aliphatic rings. The highest BCUT2D eigenvalue weighted by Gasteiger charge is 2.48. The van der Waals surface area contributed by atoms with Gasteiger partial charge in [0.2, 0.25) is 0 Å². The Balaban J connectivity index is 1.81. The van der Waals surface area contributed by atoms with Gasteiger partial charge in [-0.15, -0.1) is 0 Å². The van der Waals surface area contributed by atoms with Crippen LogP contribution in [0.5, 0.6) is 0 Å². The quantitative estimate of drug-likeness (QED) is 0.532. The zero-order valence-corrected chi connectivity index (χ0v) is 11.1. The maximum absolute atomic E-state index is 5.69. The Morgan fingerprint density at radius 1 is 1.33 bits per heavy atom. The molecule has 1 saturated heterocycles. The van der Waals surface area contributed by atoms with Gasteiger partial charge in [0.05, 0.1) is 12.2 Å². The highest BCUT2D eigenvalue weighted by atomic mass is 28.3. The predicted molar refractivity (Wildman–Crippen MR) is 61.1 cm³/mol. The van der Waals surface area contributed by atoms with E-state index in [1.165, 1.54) is 19.3 Å². The number of fused-ring (bicyclic) bond motifs is 1. The molecule has 0 bridgehead atoms. The smallest absolute Gasteiger partial charge is 0.321 e. The van der Waals surface area contributed by atoms with E-state index in [9.17, 15) is 0 Å². The van der Waals surface area contributed by atoms with E-state index in [1.807, 2.05) is 0 Å². The van der Waals surface area contributed by atoms with Crippen molar-refractivity contribution in [1.29, 1.82) is 0 Å². The summed E-state index contributed by atoms with van der Waals surface area (Å²) in [6.07, 6.45) is 5.11. The van der Waals surface area contributed by atoms with E-state index in [0.29, 0.717) is 18.1 Å². The van der Waals surface area contributed by atoms with Gasteiger partial charge in [0.25, 0.3) is 0 Å². The van der Waals surface area contributed by atoms with Crippen LogP contribution in [0.15, 0.2) is 0 Å². The van der Waals surface area contributed by atoms with Crippen LogP contribution in [0.2, 0.25) is 6.04 Å². The van der Waals surface area contributed by atoms with Crippen LogP contribution in [0.3, 0.4) is 0 Å². The average Bonchev–Trinajstić information content (AvgIpc) is 3.03. The Labute approximate surface area is 93.9 Å². The van der Waals surface area contributed by atoms with Gasteiger partial charge in [0, 0.05) is 14.2 Å². The molecule has 1 saturated carbocycles. The third kappa shape index (κ3) is 2.61. The van der Waals surface area contributed by atoms with Gasteiger partial charge in [-0.25, -0.2) is 0 Å². The third-order valence-corrected chi connectivity index (χ3v) is 6.07. The van der Waals surface area contributed by atoms with Crippen molar-refractivity contribution in [2.45, 2.75) is 44.4 Å². The molecule has 4 unspecified atom stereocenters. The second-order valence-corrected chi connectivity index (χ2v) is 7.12. The van der Waals surface area contributed by atoms with E-state index >= 15 is 0 Å². The minimum Gasteiger partial charge on any atom is -0.400 e. The Morgan fingerprint density at radius 2 is 2.07 bits per heavy atom. The van der Waals surface area contributed by atoms with Crippen LogP contribution in [-0.2, 0) is 13.6 Å². The summed E-state index contributed by atoms with van der Waals surface area (Å²) in [6, 6.07) is 1.12. The molecule has 15 heavy (non-hydrogen) atoms. The summed E-state index contributed by atoms with van der Waals surface area (Å²) in [5, 5.41) is 0. The second-order valence-electron chi connectivity index (χ2n) is 4.85. The van der Waals surface area contributed by atoms with Gasteiger partial charge in [-0.1, -0.05) is 13.3 Å². The van der Waals surface area contributed by atoms with Crippen molar-refractivity contribution in [1.82, 2.24) is 0 Å². The van der Waals surface area contributed by atoms with Crippen molar-refractivity contribution in [3.8, 4) is 0 Å². The summed E-state index contributed by atoms with van der Waals surface area (Å²) >= 11 is 0. The highest BCUT2D eigenvalue weighted by molar-refractivity contribution is 6.44. The molecule has 2 rings (SSSR count). The van der Waals surface area contributed by atoms with E-state index in [0.717, 1.165) is 12.0 Å². The molecule has 0 aromatic rings. The molecule has 1 heterocycles. The minimum atomic E-state index is -1.39. The first kappa shape index (κ1) is 11.6. The first-order chi connectivity index (χ1) is 7.26. The van der Waals surface area contributed by atoms with Gasteiger partial charge in [-0.05, 0) is 30.7 Å². The number of hydrogen-bond acceptors (Lipinski definition) is 3. The summed E-state index contributed by atoms with van der Waals surface area (Å²) in [5.74, 6) is 1.45. The molecule has 1 aliphatic carbocycles. The molecule has 0 N–H and O–H groups in total. The molecule has 2 fully saturated rings. The van der Waals surface area contributed by atoms with E-state index in [4.69, 9.17) is 13.6 Å². The largest absolute Gasteiger partial charge is 0.400 e. The molecule has 3 nitrogen and oxygen atoms in total. The molecule has 4 atom stereocenters. The molecule has 4 heteroatoms. The highest BCUT2D eigenvalue weighted by Crippen LogP contribution is 2.44. The zero-order chi connectivity index (χ0) is 10.8. The van der Waals surface area contributed by atoms with E-state index < -0.39 is 9.28 Å². The van der Waals surface area contributed by atoms with Crippen molar-refractivity contribution < 1.29 is 13.6 Å². The van der Waals surface area contributed by atoms with Crippen molar-refractivity contribution in [2.75, 3.05) is 14.2 Å². The van der Waals surface area contributed by atoms with Crippen molar-refractivity contribution in [3.05, 3.63) is 0 Å². The monoisotopic (exact) mass is 230 g/mol. The fourth-order valence-electron chi connectivity index (χ4n) is 2.86. The van der Waals surface area contributed by atoms with Gasteiger partial charge in [-0.3, -0.25) is 0 Å². The van der Waals surface area contributed by atoms with Crippen LogP contribution < -0.4 is 0 Å². The van der Waals surface area contributed by atoms with E-state index in [-0.39, 0.29) is 0 Å². The molecule has 1 aliphatic heterocycles. The Hall–Kier alpha value is 0.0969. The van der Waals surface area contributed by atoms with Crippen LogP contribution in [0.25, 0.3) is 0 Å². The van der Waals surface area contributed by atoms with Gasteiger partial charge in [0.15, 0.2) is 0 Å². The number of rotatable bonds is 5. The van der Waals surface area contributed by atoms with Gasteiger partial charge in [-0.2, -0.15) is 0 Å². The van der Waals surface area contributed by atoms with Crippen LogP contribution in [0.1, 0.15) is 26.2 Å². The van der Waals surface area contributed by atoms with E-state index in [2.05, 4.69) is 6.92 Å². The number of hydrogen-bond donors (Lipinski definition) is 0. The fraction of sp³-hybridized carbons (Fsp3) is 1.00. The standard InChI is InChI=1S/C11H22O3Si/c1-8(7-15(12-2)13-3)9-5-4-6-10-11(9)14-10/h8-11,15H,4-7H2,1-3H3. The maximum Gasteiger partial charge on any atom is 0.321 e. The zero-order valence-electron chi connectivity index (χ0n) is 9.94. The first-order valence-electron chi connectivity index (χ1n) is 5.97. The second kappa shape index (κ2) is 4.95. The molecule has 88 valence electrons. The van der Waals surface area contributed by atoms with Crippen LogP contribution in [-0.4, -0.2) is 35.7 Å². The summed E-state index contributed by atoms with van der Waals surface area (Å²) < 4.78 is 16.5. The van der Waals surface area contributed by atoms with Crippen molar-refractivity contribution in [3.63, 3.8) is 0 Å². The lowest BCUT2D eigenvalue weighted by atomic mass is 9.82. The molecule has 0 spiro atoms. The molecular formula is C11H22O3Si. The van der Waals surface area contributed by atoms with Crippen molar-refractivity contribution in [2.24, 2.45) is 11.8 Å². The predicted octanol–water partition coefficient (Wildman–Crippen LogP) is 1.70. The lowest BCUT2D eigenvalue weighted by molar-refractivity contribution is 0.230. The van der Waals surface area contributed by atoms with Crippen LogP contribution in [0, 0.1) is 11.8 Å². The third-order valence-electron chi connectivity index (χ3n) is 3.89. The summed E-state index contributed by atoms with van der Waals surface area (Å²) in [6.45, 7) is 2.33. The van der Waals surface area contributed by atoms with Gasteiger partial charge < -0.3 is 13.6 Å². The summed E-state index contributed by atoms with van der Waals surface area (Å²) in [5.41, 5.74) is 0. The first-order valence-corrected chi connectivity index (χ1v) is 7.73. The Morgan fingerprint density at radius 3 is 2.73 bits per heavy atom. The van der Waals surface area contributed by atoms with Crippen LogP contribution >= 0.6 is 0 Å². The van der Waals surface area contributed by atoms with Crippen molar-refractivity contribution >= 4 is 9.28 Å². The molecule has 0 aromatic heterocycles. The Bertz CT molecular complexity index is 208. The summed E-state index contributed by atoms with van der Waals surface area (Å²) in [7, 11) is 2.15. The van der Waals surface area contributed by atoms with E-state index in [1.54, 1.807) is 14.2 Å². The normalized spacial score (nSPS) is 36.4. The molecule has 0 radical (unpaired) electrons. The maximum atomic E-state index is 5.69. The fourth-order valence-corrected chi connectivity index (χ4v) is 4.39.